The second-order valence-electron chi connectivity index (χ2n) is 2.68. The average molecular weight is 191 g/mol. The topological polar surface area (TPSA) is 38.3 Å². The summed E-state index contributed by atoms with van der Waals surface area (Å²) in [5, 5.41) is 2.84. The summed E-state index contributed by atoms with van der Waals surface area (Å²) in [6.45, 7) is 2.16. The van der Waals surface area contributed by atoms with Crippen LogP contribution in [0.15, 0.2) is 0 Å². The molecule has 0 aromatic rings. The lowest BCUT2D eigenvalue weighted by Crippen LogP contribution is -2.35. The van der Waals surface area contributed by atoms with Gasteiger partial charge < -0.3 is 10.1 Å². The molecule has 1 N–H and O–H groups in total. The number of thioether (sulfide) groups is 1. The van der Waals surface area contributed by atoms with Crippen LogP contribution in [-0.2, 0) is 9.53 Å². The molecule has 1 unspecified atom stereocenters. The van der Waals surface area contributed by atoms with E-state index in [-0.39, 0.29) is 18.6 Å². The third-order valence-corrected chi connectivity index (χ3v) is 2.08. The number of amides is 1. The highest BCUT2D eigenvalue weighted by molar-refractivity contribution is 7.98. The van der Waals surface area contributed by atoms with E-state index >= 15 is 0 Å². The van der Waals surface area contributed by atoms with Crippen LogP contribution in [0.4, 0.5) is 0 Å². The zero-order chi connectivity index (χ0) is 9.40. The highest BCUT2D eigenvalue weighted by atomic mass is 32.2. The highest BCUT2D eigenvalue weighted by Gasteiger charge is 2.05. The molecule has 72 valence electrons. The third kappa shape index (κ3) is 6.49. The molecule has 0 rings (SSSR count). The number of methoxy groups -OCH3 is 1. The standard InChI is InChI=1S/C8H17NO2S/c1-7(4-5-12-3)9-8(10)6-11-2/h7H,4-6H2,1-3H3,(H,9,10). The Hall–Kier alpha value is -0.220. The molecule has 0 spiro atoms. The molecule has 0 aliphatic heterocycles. The van der Waals surface area contributed by atoms with Crippen molar-refractivity contribution < 1.29 is 9.53 Å². The average Bonchev–Trinajstić information content (AvgIpc) is 2.01. The lowest BCUT2D eigenvalue weighted by molar-refractivity contribution is -0.125. The maximum absolute atomic E-state index is 11.0. The smallest absolute Gasteiger partial charge is 0.246 e. The van der Waals surface area contributed by atoms with Crippen molar-refractivity contribution in [3.63, 3.8) is 0 Å². The van der Waals surface area contributed by atoms with Crippen LogP contribution < -0.4 is 5.32 Å². The minimum atomic E-state index is -0.0360. The fourth-order valence-electron chi connectivity index (χ4n) is 0.814. The number of carbonyl (C=O) groups excluding carboxylic acids is 1. The second-order valence-corrected chi connectivity index (χ2v) is 3.67. The Morgan fingerprint density at radius 2 is 2.33 bits per heavy atom. The monoisotopic (exact) mass is 191 g/mol. The Balaban J connectivity index is 3.40. The van der Waals surface area contributed by atoms with Gasteiger partial charge in [0.15, 0.2) is 0 Å². The minimum Gasteiger partial charge on any atom is -0.375 e. The molecular formula is C8H17NO2S. The molecule has 0 aromatic heterocycles. The SMILES string of the molecule is COCC(=O)NC(C)CCSC. The Bertz CT molecular complexity index is 130. The Morgan fingerprint density at radius 3 is 2.83 bits per heavy atom. The summed E-state index contributed by atoms with van der Waals surface area (Å²) in [7, 11) is 1.52. The molecular weight excluding hydrogens is 174 g/mol. The van der Waals surface area contributed by atoms with Crippen LogP contribution in [0.2, 0.25) is 0 Å². The molecule has 0 radical (unpaired) electrons. The molecule has 0 aliphatic rings. The highest BCUT2D eigenvalue weighted by Crippen LogP contribution is 1.99. The van der Waals surface area contributed by atoms with Crippen LogP contribution in [0.5, 0.6) is 0 Å². The Kier molecular flexibility index (Phi) is 7.29. The van der Waals surface area contributed by atoms with Crippen molar-refractivity contribution in [1.82, 2.24) is 5.32 Å². The Morgan fingerprint density at radius 1 is 1.67 bits per heavy atom. The summed E-state index contributed by atoms with van der Waals surface area (Å²) >= 11 is 1.79. The van der Waals surface area contributed by atoms with E-state index < -0.39 is 0 Å². The number of hydrogen-bond donors (Lipinski definition) is 1. The summed E-state index contributed by atoms with van der Waals surface area (Å²) in [4.78, 5) is 11.0. The largest absolute Gasteiger partial charge is 0.375 e. The molecule has 0 heterocycles. The number of hydrogen-bond acceptors (Lipinski definition) is 3. The summed E-state index contributed by atoms with van der Waals surface area (Å²) in [5.74, 6) is 1.04. The summed E-state index contributed by atoms with van der Waals surface area (Å²) in [6, 6.07) is 0.250. The van der Waals surface area contributed by atoms with Crippen LogP contribution in [0.1, 0.15) is 13.3 Å². The van der Waals surface area contributed by atoms with Gasteiger partial charge in [0.1, 0.15) is 6.61 Å². The molecule has 0 fully saturated rings. The van der Waals surface area contributed by atoms with Gasteiger partial charge >= 0.3 is 0 Å². The number of rotatable bonds is 6. The van der Waals surface area contributed by atoms with E-state index in [4.69, 9.17) is 4.74 Å². The molecule has 0 aromatic carbocycles. The molecule has 1 amide bonds. The first-order chi connectivity index (χ1) is 5.70. The minimum absolute atomic E-state index is 0.0360. The fourth-order valence-corrected chi connectivity index (χ4v) is 1.40. The quantitative estimate of drug-likeness (QED) is 0.677. The molecule has 3 nitrogen and oxygen atoms in total. The van der Waals surface area contributed by atoms with Gasteiger partial charge in [0.25, 0.3) is 0 Å². The molecule has 0 bridgehead atoms. The molecule has 4 heteroatoms. The summed E-state index contributed by atoms with van der Waals surface area (Å²) in [5.41, 5.74) is 0. The van der Waals surface area contributed by atoms with Crippen molar-refractivity contribution in [2.24, 2.45) is 0 Å². The maximum atomic E-state index is 11.0. The van der Waals surface area contributed by atoms with E-state index in [2.05, 4.69) is 11.6 Å². The first kappa shape index (κ1) is 11.8. The first-order valence-corrected chi connectivity index (χ1v) is 5.37. The lowest BCUT2D eigenvalue weighted by atomic mass is 10.2. The van der Waals surface area contributed by atoms with Gasteiger partial charge in [-0.3, -0.25) is 4.79 Å². The van der Waals surface area contributed by atoms with Gasteiger partial charge in [-0.2, -0.15) is 11.8 Å². The van der Waals surface area contributed by atoms with Gasteiger partial charge in [0.05, 0.1) is 0 Å². The van der Waals surface area contributed by atoms with Crippen LogP contribution >= 0.6 is 11.8 Å². The van der Waals surface area contributed by atoms with E-state index in [1.165, 1.54) is 7.11 Å². The van der Waals surface area contributed by atoms with Crippen LogP contribution in [-0.4, -0.2) is 37.7 Å². The fraction of sp³-hybridized carbons (Fsp3) is 0.875. The van der Waals surface area contributed by atoms with Gasteiger partial charge in [-0.25, -0.2) is 0 Å². The van der Waals surface area contributed by atoms with E-state index in [9.17, 15) is 4.79 Å². The van der Waals surface area contributed by atoms with Gasteiger partial charge in [0, 0.05) is 13.2 Å². The van der Waals surface area contributed by atoms with E-state index in [0.717, 1.165) is 12.2 Å². The molecule has 0 aliphatic carbocycles. The summed E-state index contributed by atoms with van der Waals surface area (Å²) < 4.78 is 4.69. The molecule has 0 saturated heterocycles. The van der Waals surface area contributed by atoms with Crippen LogP contribution in [0.3, 0.4) is 0 Å². The normalized spacial score (nSPS) is 12.6. The summed E-state index contributed by atoms with van der Waals surface area (Å²) in [6.07, 6.45) is 3.07. The zero-order valence-electron chi connectivity index (χ0n) is 7.92. The van der Waals surface area contributed by atoms with Gasteiger partial charge in [0.2, 0.25) is 5.91 Å². The van der Waals surface area contributed by atoms with E-state index in [1.54, 1.807) is 11.8 Å². The number of carbonyl (C=O) groups is 1. The van der Waals surface area contributed by atoms with Crippen molar-refractivity contribution in [1.29, 1.82) is 0 Å². The van der Waals surface area contributed by atoms with Crippen molar-refractivity contribution in [2.45, 2.75) is 19.4 Å². The molecule has 12 heavy (non-hydrogen) atoms. The van der Waals surface area contributed by atoms with E-state index in [0.29, 0.717) is 0 Å². The van der Waals surface area contributed by atoms with Crippen LogP contribution in [0.25, 0.3) is 0 Å². The predicted octanol–water partition coefficient (Wildman–Crippen LogP) is 0.891. The third-order valence-electron chi connectivity index (χ3n) is 1.44. The second kappa shape index (κ2) is 7.43. The number of ether oxygens (including phenoxy) is 1. The van der Waals surface area contributed by atoms with Gasteiger partial charge in [-0.15, -0.1) is 0 Å². The lowest BCUT2D eigenvalue weighted by Gasteiger charge is -2.12. The maximum Gasteiger partial charge on any atom is 0.246 e. The van der Waals surface area contributed by atoms with Crippen molar-refractivity contribution in [2.75, 3.05) is 25.7 Å². The first-order valence-electron chi connectivity index (χ1n) is 3.98. The predicted molar refractivity (Wildman–Crippen MR) is 52.5 cm³/mol. The van der Waals surface area contributed by atoms with Crippen molar-refractivity contribution in [3.8, 4) is 0 Å². The van der Waals surface area contributed by atoms with Crippen molar-refractivity contribution in [3.05, 3.63) is 0 Å². The Labute approximate surface area is 78.2 Å². The zero-order valence-corrected chi connectivity index (χ0v) is 8.74. The molecule has 1 atom stereocenters. The van der Waals surface area contributed by atoms with E-state index in [1.807, 2.05) is 6.92 Å². The van der Waals surface area contributed by atoms with Crippen LogP contribution in [0, 0.1) is 0 Å². The van der Waals surface area contributed by atoms with Crippen molar-refractivity contribution >= 4 is 17.7 Å². The molecule has 0 saturated carbocycles. The number of nitrogens with one attached hydrogen (secondary N) is 1. The van der Waals surface area contributed by atoms with Gasteiger partial charge in [-0.1, -0.05) is 0 Å². The van der Waals surface area contributed by atoms with Gasteiger partial charge in [-0.05, 0) is 25.4 Å².